The Labute approximate surface area is 113 Å². The molecule has 0 spiro atoms. The molecule has 1 fully saturated rings. The molecule has 0 aliphatic heterocycles. The van der Waals surface area contributed by atoms with Crippen LogP contribution in [0.15, 0.2) is 35.7 Å². The fraction of sp³-hybridized carbons (Fsp3) is 0.375. The van der Waals surface area contributed by atoms with E-state index >= 15 is 0 Å². The van der Waals surface area contributed by atoms with Crippen molar-refractivity contribution in [2.75, 3.05) is 0 Å². The van der Waals surface area contributed by atoms with Crippen LogP contribution in [0, 0.1) is 6.92 Å². The van der Waals surface area contributed by atoms with Crippen molar-refractivity contribution in [1.29, 1.82) is 0 Å². The lowest BCUT2D eigenvalue weighted by atomic mass is 10.0. The van der Waals surface area contributed by atoms with Crippen molar-refractivity contribution in [1.82, 2.24) is 5.32 Å². The second-order valence-electron chi connectivity index (χ2n) is 5.10. The summed E-state index contributed by atoms with van der Waals surface area (Å²) in [5.74, 6) is 0.839. The fourth-order valence-electron chi connectivity index (χ4n) is 2.38. The Bertz CT molecular complexity index is 525. The zero-order valence-corrected chi connectivity index (χ0v) is 11.6. The van der Waals surface area contributed by atoms with Crippen molar-refractivity contribution in [2.24, 2.45) is 0 Å². The van der Waals surface area contributed by atoms with Crippen molar-refractivity contribution in [2.45, 2.75) is 38.8 Å². The maximum Gasteiger partial charge on any atom is 0.0305 e. The SMILES string of the molecule is Cc1ccsc1CNCc1ccccc1C1CC1. The van der Waals surface area contributed by atoms with Crippen molar-refractivity contribution in [3.05, 3.63) is 57.3 Å². The van der Waals surface area contributed by atoms with E-state index in [-0.39, 0.29) is 0 Å². The summed E-state index contributed by atoms with van der Waals surface area (Å²) in [6.07, 6.45) is 2.75. The summed E-state index contributed by atoms with van der Waals surface area (Å²) in [5.41, 5.74) is 4.45. The lowest BCUT2D eigenvalue weighted by molar-refractivity contribution is 0.693. The van der Waals surface area contributed by atoms with Crippen LogP contribution in [0.2, 0.25) is 0 Å². The highest BCUT2D eigenvalue weighted by molar-refractivity contribution is 7.10. The lowest BCUT2D eigenvalue weighted by Crippen LogP contribution is -2.13. The van der Waals surface area contributed by atoms with Gasteiger partial charge in [-0.15, -0.1) is 11.3 Å². The summed E-state index contributed by atoms with van der Waals surface area (Å²) in [4.78, 5) is 1.46. The molecule has 3 rings (SSSR count). The maximum atomic E-state index is 3.58. The Morgan fingerprint density at radius 1 is 1.17 bits per heavy atom. The molecule has 1 aliphatic rings. The number of hydrogen-bond donors (Lipinski definition) is 1. The van der Waals surface area contributed by atoms with E-state index in [1.165, 1.54) is 28.8 Å². The number of aryl methyl sites for hydroxylation is 1. The predicted molar refractivity (Wildman–Crippen MR) is 78.0 cm³/mol. The zero-order chi connectivity index (χ0) is 12.4. The van der Waals surface area contributed by atoms with Crippen molar-refractivity contribution in [3.8, 4) is 0 Å². The standard InChI is InChI=1S/C16H19NS/c1-12-8-9-18-16(12)11-17-10-14-4-2-3-5-15(14)13-6-7-13/h2-5,8-9,13,17H,6-7,10-11H2,1H3. The zero-order valence-electron chi connectivity index (χ0n) is 10.8. The van der Waals surface area contributed by atoms with Gasteiger partial charge < -0.3 is 5.32 Å². The fourth-order valence-corrected chi connectivity index (χ4v) is 3.26. The largest absolute Gasteiger partial charge is 0.308 e. The summed E-state index contributed by atoms with van der Waals surface area (Å²) < 4.78 is 0. The van der Waals surface area contributed by atoms with Crippen LogP contribution in [0.5, 0.6) is 0 Å². The summed E-state index contributed by atoms with van der Waals surface area (Å²) >= 11 is 1.85. The van der Waals surface area contributed by atoms with E-state index in [9.17, 15) is 0 Å². The van der Waals surface area contributed by atoms with Gasteiger partial charge in [0.15, 0.2) is 0 Å². The average Bonchev–Trinajstić information content (AvgIpc) is 3.15. The molecule has 1 aliphatic carbocycles. The molecule has 0 atom stereocenters. The van der Waals surface area contributed by atoms with Crippen molar-refractivity contribution < 1.29 is 0 Å². The number of benzene rings is 1. The third-order valence-corrected chi connectivity index (χ3v) is 4.66. The number of nitrogens with one attached hydrogen (secondary N) is 1. The van der Waals surface area contributed by atoms with Gasteiger partial charge in [0.1, 0.15) is 0 Å². The van der Waals surface area contributed by atoms with Crippen LogP contribution in [0.1, 0.15) is 40.3 Å². The van der Waals surface area contributed by atoms with Crippen LogP contribution in [0.3, 0.4) is 0 Å². The second-order valence-corrected chi connectivity index (χ2v) is 6.10. The molecule has 1 heterocycles. The first kappa shape index (κ1) is 11.9. The minimum absolute atomic E-state index is 0.839. The summed E-state index contributed by atoms with van der Waals surface area (Å²) in [5, 5.41) is 5.75. The minimum atomic E-state index is 0.839. The van der Waals surface area contributed by atoms with E-state index in [1.54, 1.807) is 5.56 Å². The maximum absolute atomic E-state index is 3.58. The third kappa shape index (κ3) is 2.65. The van der Waals surface area contributed by atoms with Gasteiger partial charge in [-0.2, -0.15) is 0 Å². The molecule has 0 radical (unpaired) electrons. The van der Waals surface area contributed by atoms with Crippen molar-refractivity contribution in [3.63, 3.8) is 0 Å². The summed E-state index contributed by atoms with van der Waals surface area (Å²) in [7, 11) is 0. The first-order valence-electron chi connectivity index (χ1n) is 6.66. The van der Waals surface area contributed by atoms with Crippen LogP contribution in [-0.2, 0) is 13.1 Å². The number of hydrogen-bond acceptors (Lipinski definition) is 2. The van der Waals surface area contributed by atoms with Gasteiger partial charge in [0, 0.05) is 18.0 Å². The third-order valence-electron chi connectivity index (χ3n) is 3.64. The molecule has 1 nitrogen and oxygen atoms in total. The molecule has 2 heteroatoms. The molecule has 0 saturated heterocycles. The van der Waals surface area contributed by atoms with E-state index in [4.69, 9.17) is 0 Å². The van der Waals surface area contributed by atoms with Crippen LogP contribution < -0.4 is 5.32 Å². The first-order chi connectivity index (χ1) is 8.84. The second kappa shape index (κ2) is 5.25. The first-order valence-corrected chi connectivity index (χ1v) is 7.54. The molecule has 1 N–H and O–H groups in total. The highest BCUT2D eigenvalue weighted by Crippen LogP contribution is 2.41. The van der Waals surface area contributed by atoms with Crippen LogP contribution in [-0.4, -0.2) is 0 Å². The van der Waals surface area contributed by atoms with Gasteiger partial charge in [-0.05, 0) is 53.8 Å². The Hall–Kier alpha value is -1.12. The van der Waals surface area contributed by atoms with Crippen LogP contribution >= 0.6 is 11.3 Å². The molecule has 1 aromatic carbocycles. The Kier molecular flexibility index (Phi) is 3.48. The number of thiophene rings is 1. The quantitative estimate of drug-likeness (QED) is 0.845. The molecule has 18 heavy (non-hydrogen) atoms. The summed E-state index contributed by atoms with van der Waals surface area (Å²) in [6, 6.07) is 11.1. The molecular formula is C16H19NS. The van der Waals surface area contributed by atoms with E-state index in [0.29, 0.717) is 0 Å². The molecule has 0 amide bonds. The van der Waals surface area contributed by atoms with Gasteiger partial charge >= 0.3 is 0 Å². The Morgan fingerprint density at radius 3 is 2.72 bits per heavy atom. The van der Waals surface area contributed by atoms with Gasteiger partial charge in [-0.25, -0.2) is 0 Å². The average molecular weight is 257 g/mol. The molecule has 2 aromatic rings. The van der Waals surface area contributed by atoms with E-state index in [1.807, 2.05) is 11.3 Å². The van der Waals surface area contributed by atoms with E-state index in [2.05, 4.69) is 48.0 Å². The molecule has 94 valence electrons. The van der Waals surface area contributed by atoms with E-state index < -0.39 is 0 Å². The smallest absolute Gasteiger partial charge is 0.0305 e. The monoisotopic (exact) mass is 257 g/mol. The van der Waals surface area contributed by atoms with Gasteiger partial charge in [0.25, 0.3) is 0 Å². The number of rotatable bonds is 5. The Balaban J connectivity index is 1.61. The summed E-state index contributed by atoms with van der Waals surface area (Å²) in [6.45, 7) is 4.16. The lowest BCUT2D eigenvalue weighted by Gasteiger charge is -2.09. The van der Waals surface area contributed by atoms with Gasteiger partial charge in [-0.3, -0.25) is 0 Å². The van der Waals surface area contributed by atoms with Gasteiger partial charge in [0.2, 0.25) is 0 Å². The van der Waals surface area contributed by atoms with Gasteiger partial charge in [0.05, 0.1) is 0 Å². The molecule has 0 unspecified atom stereocenters. The van der Waals surface area contributed by atoms with Crippen LogP contribution in [0.25, 0.3) is 0 Å². The van der Waals surface area contributed by atoms with Crippen molar-refractivity contribution >= 4 is 11.3 Å². The highest BCUT2D eigenvalue weighted by atomic mass is 32.1. The predicted octanol–water partition coefficient (Wildman–Crippen LogP) is 4.22. The molecular weight excluding hydrogens is 238 g/mol. The normalized spacial score (nSPS) is 14.9. The molecule has 0 bridgehead atoms. The molecule has 1 saturated carbocycles. The minimum Gasteiger partial charge on any atom is -0.308 e. The van der Waals surface area contributed by atoms with Crippen LogP contribution in [0.4, 0.5) is 0 Å². The Morgan fingerprint density at radius 2 is 2.00 bits per heavy atom. The van der Waals surface area contributed by atoms with E-state index in [0.717, 1.165) is 19.0 Å². The topological polar surface area (TPSA) is 12.0 Å². The molecule has 1 aromatic heterocycles. The van der Waals surface area contributed by atoms with Gasteiger partial charge in [-0.1, -0.05) is 24.3 Å². The highest BCUT2D eigenvalue weighted by Gasteiger charge is 2.25.